The molecule has 0 aromatic rings. The molecule has 0 bridgehead atoms. The molecular formula is C11H25GeIn. The Balaban J connectivity index is 0. The molecule has 0 unspecified atom stereocenters. The van der Waals surface area contributed by atoms with Crippen molar-refractivity contribution in [1.82, 2.24) is 0 Å². The molecule has 1 aliphatic rings. The third-order valence-corrected chi connectivity index (χ3v) is 9.66. The van der Waals surface area contributed by atoms with Gasteiger partial charge < -0.3 is 0 Å². The van der Waals surface area contributed by atoms with Gasteiger partial charge in [-0.05, 0) is 6.42 Å². The molecule has 0 saturated carbocycles. The van der Waals surface area contributed by atoms with E-state index < -0.39 is 14.3 Å². The monoisotopic (exact) mass is 346 g/mol. The predicted octanol–water partition coefficient (Wildman–Crippen LogP) is 2.59. The average Bonchev–Trinajstić information content (AvgIpc) is 2.64. The minimum atomic E-state index is -0.576. The van der Waals surface area contributed by atoms with Crippen LogP contribution in [0.3, 0.4) is 0 Å². The van der Waals surface area contributed by atoms with Crippen LogP contribution in [0.1, 0.15) is 27.2 Å². The van der Waals surface area contributed by atoms with Crippen LogP contribution in [0.15, 0.2) is 24.3 Å². The van der Waals surface area contributed by atoms with Crippen LogP contribution in [0, 0.1) is 0 Å². The number of rotatable bonds is 3. The van der Waals surface area contributed by atoms with Gasteiger partial charge >= 0.3 is 76.7 Å². The summed E-state index contributed by atoms with van der Waals surface area (Å²) >= 11 is -0.576. The SMILES string of the molecule is C1=CCC=C1.C[CH2][GeH]([CH2]C)[CH2]C.[InH3]. The Kier molecular flexibility index (Phi) is 16.2. The molecule has 0 spiro atoms. The summed E-state index contributed by atoms with van der Waals surface area (Å²) in [6.45, 7) is 7.03. The van der Waals surface area contributed by atoms with Gasteiger partial charge in [0.1, 0.15) is 0 Å². The Labute approximate surface area is 107 Å². The maximum absolute atomic E-state index is 2.34. The average molecular weight is 345 g/mol. The van der Waals surface area contributed by atoms with Gasteiger partial charge in [-0.2, -0.15) is 0 Å². The Morgan fingerprint density at radius 3 is 1.38 bits per heavy atom. The Morgan fingerprint density at radius 1 is 0.923 bits per heavy atom. The summed E-state index contributed by atoms with van der Waals surface area (Å²) in [7, 11) is 0. The van der Waals surface area contributed by atoms with Gasteiger partial charge in [0, 0.05) is 0 Å². The van der Waals surface area contributed by atoms with Gasteiger partial charge in [0.2, 0.25) is 0 Å². The van der Waals surface area contributed by atoms with Crippen LogP contribution in [-0.2, 0) is 0 Å². The molecule has 0 atom stereocenters. The van der Waals surface area contributed by atoms with Crippen molar-refractivity contribution in [2.45, 2.75) is 43.0 Å². The van der Waals surface area contributed by atoms with E-state index in [-0.39, 0.29) is 25.8 Å². The fourth-order valence-corrected chi connectivity index (χ4v) is 4.89. The second-order valence-corrected chi connectivity index (χ2v) is 12.0. The maximum atomic E-state index is 2.34. The van der Waals surface area contributed by atoms with Gasteiger partial charge in [-0.25, -0.2) is 0 Å². The van der Waals surface area contributed by atoms with Crippen LogP contribution >= 0.6 is 0 Å². The molecule has 0 aromatic carbocycles. The first-order chi connectivity index (χ1) is 5.85. The molecule has 76 valence electrons. The van der Waals surface area contributed by atoms with Crippen LogP contribution in [-0.4, -0.2) is 40.2 Å². The molecule has 0 heterocycles. The summed E-state index contributed by atoms with van der Waals surface area (Å²) in [6.07, 6.45) is 9.50. The molecule has 1 rings (SSSR count). The van der Waals surface area contributed by atoms with Crippen LogP contribution in [0.4, 0.5) is 0 Å². The van der Waals surface area contributed by atoms with Crippen molar-refractivity contribution in [2.24, 2.45) is 0 Å². The predicted molar refractivity (Wildman–Crippen MR) is 71.4 cm³/mol. The zero-order chi connectivity index (χ0) is 9.23. The Hall–Kier alpha value is 0.893. The van der Waals surface area contributed by atoms with E-state index in [1.807, 2.05) is 0 Å². The molecule has 0 amide bonds. The van der Waals surface area contributed by atoms with E-state index in [1.54, 1.807) is 15.8 Å². The molecule has 2 heteroatoms. The summed E-state index contributed by atoms with van der Waals surface area (Å²) in [6, 6.07) is 0. The van der Waals surface area contributed by atoms with E-state index in [4.69, 9.17) is 0 Å². The molecule has 0 saturated heterocycles. The second-order valence-electron chi connectivity index (χ2n) is 3.18. The zero-order valence-corrected chi connectivity index (χ0v) is 11.1. The van der Waals surface area contributed by atoms with E-state index in [0.717, 1.165) is 6.42 Å². The first-order valence-corrected chi connectivity index (χ1v) is 10.3. The second kappa shape index (κ2) is 12.9. The summed E-state index contributed by atoms with van der Waals surface area (Å²) in [5.41, 5.74) is 0. The molecular weight excluding hydrogens is 320 g/mol. The van der Waals surface area contributed by atoms with Gasteiger partial charge in [-0.15, -0.1) is 0 Å². The Morgan fingerprint density at radius 2 is 1.31 bits per heavy atom. The van der Waals surface area contributed by atoms with E-state index in [9.17, 15) is 0 Å². The Bertz CT molecular complexity index is 122. The standard InChI is InChI=1S/C6H16Ge.C5H6.In.3H/c1-4-7(5-2)6-3;1-2-4-5-3-1;;;;/h7H,4-6H2,1-3H3;1-4H,5H2;;;;. The zero-order valence-electron chi connectivity index (χ0n) is 8.72. The molecule has 0 N–H and O–H groups in total. The molecule has 0 aromatic heterocycles. The van der Waals surface area contributed by atoms with Crippen molar-refractivity contribution >= 4 is 40.2 Å². The topological polar surface area (TPSA) is 0 Å². The minimum absolute atomic E-state index is 0. The van der Waals surface area contributed by atoms with Crippen LogP contribution in [0.25, 0.3) is 0 Å². The van der Waals surface area contributed by atoms with Crippen molar-refractivity contribution in [1.29, 1.82) is 0 Å². The van der Waals surface area contributed by atoms with Gasteiger partial charge in [0.15, 0.2) is 0 Å². The molecule has 13 heavy (non-hydrogen) atoms. The van der Waals surface area contributed by atoms with Crippen LogP contribution in [0.5, 0.6) is 0 Å². The van der Waals surface area contributed by atoms with Gasteiger partial charge in [-0.3, -0.25) is 0 Å². The van der Waals surface area contributed by atoms with Crippen molar-refractivity contribution in [3.05, 3.63) is 24.3 Å². The van der Waals surface area contributed by atoms with Crippen molar-refractivity contribution < 1.29 is 0 Å². The van der Waals surface area contributed by atoms with Crippen molar-refractivity contribution in [3.8, 4) is 0 Å². The van der Waals surface area contributed by atoms with Gasteiger partial charge in [-0.1, -0.05) is 24.3 Å². The van der Waals surface area contributed by atoms with E-state index in [1.165, 1.54) is 0 Å². The van der Waals surface area contributed by atoms with E-state index >= 15 is 0 Å². The van der Waals surface area contributed by atoms with Gasteiger partial charge in [0.05, 0.1) is 0 Å². The van der Waals surface area contributed by atoms with Crippen molar-refractivity contribution in [3.63, 3.8) is 0 Å². The molecule has 0 aliphatic heterocycles. The third-order valence-electron chi connectivity index (χ3n) is 2.39. The fourth-order valence-electron chi connectivity index (χ4n) is 1.26. The summed E-state index contributed by atoms with van der Waals surface area (Å²) in [5.74, 6) is 0. The van der Waals surface area contributed by atoms with Crippen molar-refractivity contribution in [2.75, 3.05) is 0 Å². The summed E-state index contributed by atoms with van der Waals surface area (Å²) in [5, 5.41) is 4.62. The van der Waals surface area contributed by atoms with Gasteiger partial charge in [0.25, 0.3) is 0 Å². The molecule has 1 aliphatic carbocycles. The summed E-state index contributed by atoms with van der Waals surface area (Å²) in [4.78, 5) is 0. The fraction of sp³-hybridized carbons (Fsp3) is 0.636. The first kappa shape index (κ1) is 16.3. The van der Waals surface area contributed by atoms with Crippen LogP contribution in [0.2, 0.25) is 15.8 Å². The molecule has 0 radical (unpaired) electrons. The summed E-state index contributed by atoms with van der Waals surface area (Å²) < 4.78 is 0. The van der Waals surface area contributed by atoms with E-state index in [0.29, 0.717) is 0 Å². The first-order valence-electron chi connectivity index (χ1n) is 5.16. The quantitative estimate of drug-likeness (QED) is 0.690. The number of hydrogen-bond acceptors (Lipinski definition) is 0. The van der Waals surface area contributed by atoms with Crippen LogP contribution < -0.4 is 0 Å². The molecule has 0 fully saturated rings. The van der Waals surface area contributed by atoms with E-state index in [2.05, 4.69) is 45.1 Å². The number of hydrogen-bond donors (Lipinski definition) is 0. The normalized spacial score (nSPS) is 12.3. The number of allylic oxidation sites excluding steroid dienone is 4. The third kappa shape index (κ3) is 10.8. The molecule has 0 nitrogen and oxygen atoms in total.